The zero-order chi connectivity index (χ0) is 16.1. The fraction of sp³-hybridized carbons (Fsp3) is 0.824. The topological polar surface area (TPSA) is 67.1 Å². The van der Waals surface area contributed by atoms with Gasteiger partial charge in [0.25, 0.3) is 0 Å². The molecule has 0 spiro atoms. The molecule has 2 aliphatic rings. The van der Waals surface area contributed by atoms with Crippen molar-refractivity contribution in [3.8, 4) is 0 Å². The Morgan fingerprint density at radius 3 is 2.87 bits per heavy atom. The van der Waals surface area contributed by atoms with Crippen LogP contribution in [-0.4, -0.2) is 40.9 Å². The highest BCUT2D eigenvalue weighted by molar-refractivity contribution is 5.79. The molecule has 2 bridgehead atoms. The first kappa shape index (κ1) is 16.3. The molecule has 128 valence electrons. The van der Waals surface area contributed by atoms with Crippen molar-refractivity contribution < 1.29 is 0 Å². The Morgan fingerprint density at radius 1 is 1.30 bits per heavy atom. The van der Waals surface area contributed by atoms with E-state index in [1.165, 1.54) is 32.1 Å². The zero-order valence-electron chi connectivity index (χ0n) is 14.5. The summed E-state index contributed by atoms with van der Waals surface area (Å²) in [7, 11) is 1.84. The van der Waals surface area contributed by atoms with Gasteiger partial charge in [0, 0.05) is 33.1 Å². The molecule has 2 fully saturated rings. The zero-order valence-corrected chi connectivity index (χ0v) is 14.5. The molecule has 2 aliphatic carbocycles. The van der Waals surface area contributed by atoms with Crippen LogP contribution in [0.5, 0.6) is 0 Å². The van der Waals surface area contributed by atoms with Gasteiger partial charge in [-0.25, -0.2) is 0 Å². The lowest BCUT2D eigenvalue weighted by molar-refractivity contribution is 0.315. The Morgan fingerprint density at radius 2 is 2.17 bits per heavy atom. The van der Waals surface area contributed by atoms with E-state index in [0.717, 1.165) is 55.6 Å². The van der Waals surface area contributed by atoms with Gasteiger partial charge in [-0.1, -0.05) is 13.3 Å². The van der Waals surface area contributed by atoms with Crippen LogP contribution in [0.25, 0.3) is 0 Å². The van der Waals surface area contributed by atoms with E-state index in [4.69, 9.17) is 0 Å². The molecule has 3 rings (SSSR count). The van der Waals surface area contributed by atoms with E-state index in [1.54, 1.807) is 6.33 Å². The first-order chi connectivity index (χ1) is 11.3. The average Bonchev–Trinajstić information content (AvgIpc) is 3.29. The number of hydrogen-bond acceptors (Lipinski definition) is 3. The van der Waals surface area contributed by atoms with Gasteiger partial charge in [-0.2, -0.15) is 0 Å². The molecule has 3 atom stereocenters. The molecule has 6 nitrogen and oxygen atoms in total. The van der Waals surface area contributed by atoms with Crippen molar-refractivity contribution in [1.82, 2.24) is 25.4 Å². The number of hydrogen-bond donors (Lipinski definition) is 2. The second-order valence-electron chi connectivity index (χ2n) is 6.94. The van der Waals surface area contributed by atoms with E-state index in [0.29, 0.717) is 0 Å². The number of aliphatic imine (C=N–C) groups is 1. The summed E-state index contributed by atoms with van der Waals surface area (Å²) in [5.74, 6) is 4.94. The van der Waals surface area contributed by atoms with Crippen LogP contribution in [0.4, 0.5) is 0 Å². The third-order valence-corrected chi connectivity index (χ3v) is 5.57. The van der Waals surface area contributed by atoms with E-state index in [1.807, 2.05) is 7.05 Å². The van der Waals surface area contributed by atoms with Gasteiger partial charge in [-0.05, 0) is 43.4 Å². The van der Waals surface area contributed by atoms with E-state index < -0.39 is 0 Å². The Labute approximate surface area is 139 Å². The number of guanidine groups is 1. The van der Waals surface area contributed by atoms with Crippen molar-refractivity contribution in [3.63, 3.8) is 0 Å². The predicted octanol–water partition coefficient (Wildman–Crippen LogP) is 1.83. The summed E-state index contributed by atoms with van der Waals surface area (Å²) in [5.41, 5.74) is 0. The summed E-state index contributed by atoms with van der Waals surface area (Å²) in [6.45, 7) is 4.83. The first-order valence-corrected chi connectivity index (χ1v) is 9.11. The second-order valence-corrected chi connectivity index (χ2v) is 6.94. The summed E-state index contributed by atoms with van der Waals surface area (Å²) in [6, 6.07) is 0. The normalized spacial score (nSPS) is 26.7. The van der Waals surface area contributed by atoms with Crippen molar-refractivity contribution in [2.45, 2.75) is 52.0 Å². The van der Waals surface area contributed by atoms with Gasteiger partial charge in [-0.3, -0.25) is 4.99 Å². The van der Waals surface area contributed by atoms with E-state index >= 15 is 0 Å². The maximum atomic E-state index is 4.32. The highest BCUT2D eigenvalue weighted by Crippen LogP contribution is 2.49. The molecule has 3 unspecified atom stereocenters. The van der Waals surface area contributed by atoms with Crippen molar-refractivity contribution in [2.75, 3.05) is 20.1 Å². The van der Waals surface area contributed by atoms with Gasteiger partial charge in [-0.15, -0.1) is 10.2 Å². The van der Waals surface area contributed by atoms with E-state index in [2.05, 4.69) is 37.3 Å². The summed E-state index contributed by atoms with van der Waals surface area (Å²) in [5, 5.41) is 14.9. The minimum Gasteiger partial charge on any atom is -0.356 e. The number of aryl methyl sites for hydroxylation is 1. The maximum Gasteiger partial charge on any atom is 0.191 e. The lowest BCUT2D eigenvalue weighted by atomic mass is 9.86. The molecule has 0 aliphatic heterocycles. The smallest absolute Gasteiger partial charge is 0.191 e. The third-order valence-electron chi connectivity index (χ3n) is 5.57. The van der Waals surface area contributed by atoms with Gasteiger partial charge in [0.15, 0.2) is 5.96 Å². The SMILES string of the molecule is CCc1nncn1CCNC(=NC)NCCC1CC2CCC1C2. The molecule has 1 heterocycles. The molecular weight excluding hydrogens is 288 g/mol. The summed E-state index contributed by atoms with van der Waals surface area (Å²) < 4.78 is 2.09. The molecule has 6 heteroatoms. The standard InChI is InChI=1S/C17H30N6/c1-3-16-22-21-12-23(16)9-8-20-17(18-2)19-7-6-15-11-13-4-5-14(15)10-13/h12-15H,3-11H2,1-2H3,(H2,18,19,20). The van der Waals surface area contributed by atoms with Gasteiger partial charge >= 0.3 is 0 Å². The van der Waals surface area contributed by atoms with Gasteiger partial charge < -0.3 is 15.2 Å². The molecule has 2 N–H and O–H groups in total. The first-order valence-electron chi connectivity index (χ1n) is 9.11. The fourth-order valence-corrected chi connectivity index (χ4v) is 4.36. The highest BCUT2D eigenvalue weighted by atomic mass is 15.3. The molecule has 23 heavy (non-hydrogen) atoms. The van der Waals surface area contributed by atoms with E-state index in [9.17, 15) is 0 Å². The lowest BCUT2D eigenvalue weighted by Crippen LogP contribution is -2.39. The van der Waals surface area contributed by atoms with Crippen molar-refractivity contribution in [3.05, 3.63) is 12.2 Å². The Balaban J connectivity index is 1.34. The number of nitrogens with one attached hydrogen (secondary N) is 2. The van der Waals surface area contributed by atoms with Crippen LogP contribution in [0, 0.1) is 17.8 Å². The van der Waals surface area contributed by atoms with Gasteiger partial charge in [0.05, 0.1) is 0 Å². The molecule has 0 saturated heterocycles. The highest BCUT2D eigenvalue weighted by Gasteiger charge is 2.38. The van der Waals surface area contributed by atoms with Gasteiger partial charge in [0.2, 0.25) is 0 Å². The Bertz CT molecular complexity index is 523. The van der Waals surface area contributed by atoms with Crippen LogP contribution in [0.1, 0.15) is 44.9 Å². The molecule has 0 aromatic carbocycles. The summed E-state index contributed by atoms with van der Waals surface area (Å²) in [4.78, 5) is 4.32. The number of nitrogens with zero attached hydrogens (tertiary/aromatic N) is 4. The molecular formula is C17H30N6. The maximum absolute atomic E-state index is 4.32. The van der Waals surface area contributed by atoms with Crippen molar-refractivity contribution in [1.29, 1.82) is 0 Å². The number of aromatic nitrogens is 3. The fourth-order valence-electron chi connectivity index (χ4n) is 4.36. The quantitative estimate of drug-likeness (QED) is 0.594. The minimum absolute atomic E-state index is 0.832. The van der Waals surface area contributed by atoms with E-state index in [-0.39, 0.29) is 0 Å². The van der Waals surface area contributed by atoms with Crippen LogP contribution in [0.2, 0.25) is 0 Å². The molecule has 1 aromatic heterocycles. The van der Waals surface area contributed by atoms with Crippen LogP contribution in [-0.2, 0) is 13.0 Å². The molecule has 2 saturated carbocycles. The van der Waals surface area contributed by atoms with Crippen LogP contribution >= 0.6 is 0 Å². The van der Waals surface area contributed by atoms with Crippen LogP contribution < -0.4 is 10.6 Å². The van der Waals surface area contributed by atoms with Crippen molar-refractivity contribution >= 4 is 5.96 Å². The summed E-state index contributed by atoms with van der Waals surface area (Å²) in [6.07, 6.45) is 9.92. The minimum atomic E-state index is 0.832. The lowest BCUT2D eigenvalue weighted by Gasteiger charge is -2.22. The average molecular weight is 318 g/mol. The summed E-state index contributed by atoms with van der Waals surface area (Å²) >= 11 is 0. The Hall–Kier alpha value is -1.59. The number of rotatable bonds is 7. The number of fused-ring (bicyclic) bond motifs is 2. The Kier molecular flexibility index (Phi) is 5.51. The van der Waals surface area contributed by atoms with Crippen LogP contribution in [0.3, 0.4) is 0 Å². The predicted molar refractivity (Wildman–Crippen MR) is 92.3 cm³/mol. The second kappa shape index (κ2) is 7.79. The van der Waals surface area contributed by atoms with Crippen molar-refractivity contribution in [2.24, 2.45) is 22.7 Å². The molecule has 0 radical (unpaired) electrons. The third kappa shape index (κ3) is 4.03. The largest absolute Gasteiger partial charge is 0.356 e. The van der Waals surface area contributed by atoms with Gasteiger partial charge in [0.1, 0.15) is 12.2 Å². The monoisotopic (exact) mass is 318 g/mol. The molecule has 0 amide bonds. The van der Waals surface area contributed by atoms with Crippen LogP contribution in [0.15, 0.2) is 11.3 Å². The molecule has 1 aromatic rings.